The van der Waals surface area contributed by atoms with Crippen molar-refractivity contribution in [2.45, 2.75) is 65.0 Å². The molecule has 2 aliphatic carbocycles. The van der Waals surface area contributed by atoms with E-state index in [4.69, 9.17) is 0 Å². The number of hydrogen-bond donors (Lipinski definition) is 1. The summed E-state index contributed by atoms with van der Waals surface area (Å²) in [6, 6.07) is 2.36. The van der Waals surface area contributed by atoms with E-state index in [2.05, 4.69) is 40.9 Å². The monoisotopic (exact) mass is 388 g/mol. The minimum atomic E-state index is -0.526. The summed E-state index contributed by atoms with van der Waals surface area (Å²) in [7, 11) is 0. The molecule has 3 fully saturated rings. The van der Waals surface area contributed by atoms with Crippen molar-refractivity contribution < 1.29 is 9.18 Å². The third-order valence-electron chi connectivity index (χ3n) is 6.78. The Bertz CT molecular complexity index is 720. The van der Waals surface area contributed by atoms with Crippen molar-refractivity contribution in [1.29, 1.82) is 0 Å². The van der Waals surface area contributed by atoms with Gasteiger partial charge < -0.3 is 10.2 Å². The lowest BCUT2D eigenvalue weighted by Gasteiger charge is -2.39. The smallest absolute Gasteiger partial charge is 0.273 e. The molecule has 1 aromatic rings. The zero-order chi connectivity index (χ0) is 19.9. The quantitative estimate of drug-likeness (QED) is 0.858. The van der Waals surface area contributed by atoms with Crippen molar-refractivity contribution in [3.8, 4) is 0 Å². The average molecular weight is 389 g/mol. The van der Waals surface area contributed by atoms with Gasteiger partial charge in [0.15, 0.2) is 11.5 Å². The number of hydrogen-bond acceptors (Lipinski definition) is 4. The fourth-order valence-electron chi connectivity index (χ4n) is 4.67. The number of carbonyl (C=O) groups is 1. The fourth-order valence-corrected chi connectivity index (χ4v) is 4.67. The second-order valence-electron chi connectivity index (χ2n) is 9.82. The first-order valence-electron chi connectivity index (χ1n) is 10.8. The SMILES string of the molecule is CC(C)(C)C1CCC(N2CCN(c3cnc(C(=O)NC4CC4)c(F)c3)CC2)C1. The lowest BCUT2D eigenvalue weighted by atomic mass is 9.79. The Labute approximate surface area is 167 Å². The maximum absolute atomic E-state index is 14.4. The van der Waals surface area contributed by atoms with Crippen molar-refractivity contribution in [2.75, 3.05) is 31.1 Å². The summed E-state index contributed by atoms with van der Waals surface area (Å²) in [4.78, 5) is 21.0. The van der Waals surface area contributed by atoms with Crippen molar-refractivity contribution in [3.05, 3.63) is 23.8 Å². The molecule has 0 radical (unpaired) electrons. The van der Waals surface area contributed by atoms with E-state index in [1.165, 1.54) is 25.3 Å². The van der Waals surface area contributed by atoms with Crippen LogP contribution in [0.4, 0.5) is 10.1 Å². The predicted octanol–water partition coefficient (Wildman–Crippen LogP) is 3.45. The molecule has 28 heavy (non-hydrogen) atoms. The van der Waals surface area contributed by atoms with E-state index < -0.39 is 11.7 Å². The molecule has 1 saturated heterocycles. The second kappa shape index (κ2) is 7.62. The molecule has 2 heterocycles. The van der Waals surface area contributed by atoms with E-state index in [0.29, 0.717) is 11.5 Å². The molecule has 1 N–H and O–H groups in total. The molecule has 154 valence electrons. The maximum atomic E-state index is 14.4. The van der Waals surface area contributed by atoms with Crippen LogP contribution in [0.3, 0.4) is 0 Å². The third kappa shape index (κ3) is 4.32. The Kier molecular flexibility index (Phi) is 5.34. The number of pyridine rings is 1. The molecule has 0 aromatic carbocycles. The molecule has 0 bridgehead atoms. The highest BCUT2D eigenvalue weighted by Crippen LogP contribution is 2.41. The molecule has 2 saturated carbocycles. The number of anilines is 1. The van der Waals surface area contributed by atoms with Crippen molar-refractivity contribution in [1.82, 2.24) is 15.2 Å². The Hall–Kier alpha value is -1.69. The van der Waals surface area contributed by atoms with Crippen LogP contribution in [0.5, 0.6) is 0 Å². The number of rotatable bonds is 4. The van der Waals surface area contributed by atoms with Gasteiger partial charge in [0, 0.05) is 44.3 Å². The largest absolute Gasteiger partial charge is 0.368 e. The summed E-state index contributed by atoms with van der Waals surface area (Å²) in [5.74, 6) is -0.115. The van der Waals surface area contributed by atoms with E-state index in [1.807, 2.05) is 0 Å². The van der Waals surface area contributed by atoms with Gasteiger partial charge in [0.2, 0.25) is 0 Å². The number of carbonyl (C=O) groups excluding carboxylic acids is 1. The van der Waals surface area contributed by atoms with Gasteiger partial charge in [0.05, 0.1) is 11.9 Å². The summed E-state index contributed by atoms with van der Waals surface area (Å²) in [5.41, 5.74) is 1.08. The normalized spacial score (nSPS) is 26.5. The van der Waals surface area contributed by atoms with Crippen LogP contribution in [0, 0.1) is 17.2 Å². The molecule has 6 heteroatoms. The summed E-state index contributed by atoms with van der Waals surface area (Å²) in [6.07, 6.45) is 7.52. The van der Waals surface area contributed by atoms with E-state index >= 15 is 0 Å². The number of nitrogens with one attached hydrogen (secondary N) is 1. The van der Waals surface area contributed by atoms with Gasteiger partial charge in [-0.2, -0.15) is 0 Å². The van der Waals surface area contributed by atoms with Gasteiger partial charge in [0.25, 0.3) is 5.91 Å². The molecular formula is C22H33FN4O. The van der Waals surface area contributed by atoms with E-state index in [-0.39, 0.29) is 11.7 Å². The Morgan fingerprint density at radius 1 is 1.14 bits per heavy atom. The average Bonchev–Trinajstić information content (AvgIpc) is 3.31. The lowest BCUT2D eigenvalue weighted by Crippen LogP contribution is -2.50. The van der Waals surface area contributed by atoms with Gasteiger partial charge in [-0.05, 0) is 43.4 Å². The number of aromatic nitrogens is 1. The fraction of sp³-hybridized carbons (Fsp3) is 0.727. The van der Waals surface area contributed by atoms with Crippen LogP contribution in [0.1, 0.15) is 63.4 Å². The first-order chi connectivity index (χ1) is 13.3. The summed E-state index contributed by atoms with van der Waals surface area (Å²) < 4.78 is 14.4. The van der Waals surface area contributed by atoms with E-state index in [9.17, 15) is 9.18 Å². The van der Waals surface area contributed by atoms with Crippen molar-refractivity contribution >= 4 is 11.6 Å². The predicted molar refractivity (Wildman–Crippen MR) is 109 cm³/mol. The molecule has 5 nitrogen and oxygen atoms in total. The molecule has 3 aliphatic rings. The Balaban J connectivity index is 1.32. The Morgan fingerprint density at radius 3 is 2.43 bits per heavy atom. The minimum absolute atomic E-state index is 0.0894. The summed E-state index contributed by atoms with van der Waals surface area (Å²) >= 11 is 0. The van der Waals surface area contributed by atoms with Crippen LogP contribution in [-0.2, 0) is 0 Å². The van der Waals surface area contributed by atoms with E-state index in [0.717, 1.165) is 50.6 Å². The number of piperazine rings is 1. The van der Waals surface area contributed by atoms with Gasteiger partial charge >= 0.3 is 0 Å². The molecule has 2 unspecified atom stereocenters. The van der Waals surface area contributed by atoms with Crippen LogP contribution in [0.15, 0.2) is 12.3 Å². The highest BCUT2D eigenvalue weighted by Gasteiger charge is 2.36. The maximum Gasteiger partial charge on any atom is 0.273 e. The first-order valence-corrected chi connectivity index (χ1v) is 10.8. The second-order valence-corrected chi connectivity index (χ2v) is 9.82. The summed E-state index contributed by atoms with van der Waals surface area (Å²) in [5, 5.41) is 2.80. The topological polar surface area (TPSA) is 48.5 Å². The number of halogens is 1. The van der Waals surface area contributed by atoms with Gasteiger partial charge in [-0.1, -0.05) is 20.8 Å². The number of amides is 1. The van der Waals surface area contributed by atoms with E-state index in [1.54, 1.807) is 6.20 Å². The van der Waals surface area contributed by atoms with Crippen LogP contribution < -0.4 is 10.2 Å². The first kappa shape index (κ1) is 19.6. The van der Waals surface area contributed by atoms with Crippen molar-refractivity contribution in [2.24, 2.45) is 11.3 Å². The highest BCUT2D eigenvalue weighted by molar-refractivity contribution is 5.93. The molecule has 2 atom stereocenters. The molecular weight excluding hydrogens is 355 g/mol. The third-order valence-corrected chi connectivity index (χ3v) is 6.78. The Morgan fingerprint density at radius 2 is 1.86 bits per heavy atom. The molecule has 1 aromatic heterocycles. The number of nitrogens with zero attached hydrogens (tertiary/aromatic N) is 3. The van der Waals surface area contributed by atoms with Crippen LogP contribution in [0.2, 0.25) is 0 Å². The lowest BCUT2D eigenvalue weighted by molar-refractivity contribution is 0.0941. The van der Waals surface area contributed by atoms with Gasteiger partial charge in [-0.15, -0.1) is 0 Å². The molecule has 1 amide bonds. The highest BCUT2D eigenvalue weighted by atomic mass is 19.1. The molecule has 0 spiro atoms. The standard InChI is InChI=1S/C22H33FN4O/c1-22(2,3)15-4-7-17(12-15)26-8-10-27(11-9-26)18-13-19(23)20(24-14-18)21(28)25-16-5-6-16/h13-17H,4-12H2,1-3H3,(H,25,28). The zero-order valence-corrected chi connectivity index (χ0v) is 17.4. The van der Waals surface area contributed by atoms with Crippen molar-refractivity contribution in [3.63, 3.8) is 0 Å². The molecule has 1 aliphatic heterocycles. The zero-order valence-electron chi connectivity index (χ0n) is 17.4. The summed E-state index contributed by atoms with van der Waals surface area (Å²) in [6.45, 7) is 10.8. The minimum Gasteiger partial charge on any atom is -0.368 e. The van der Waals surface area contributed by atoms with Gasteiger partial charge in [-0.3, -0.25) is 9.69 Å². The van der Waals surface area contributed by atoms with Gasteiger partial charge in [-0.25, -0.2) is 9.37 Å². The van der Waals surface area contributed by atoms with Crippen LogP contribution >= 0.6 is 0 Å². The van der Waals surface area contributed by atoms with Crippen LogP contribution in [-0.4, -0.2) is 54.1 Å². The van der Waals surface area contributed by atoms with Crippen LogP contribution in [0.25, 0.3) is 0 Å². The molecule has 4 rings (SSSR count). The van der Waals surface area contributed by atoms with Gasteiger partial charge in [0.1, 0.15) is 0 Å².